The second-order valence-corrected chi connectivity index (χ2v) is 9.12. The fourth-order valence-corrected chi connectivity index (χ4v) is 4.92. The van der Waals surface area contributed by atoms with Gasteiger partial charge >= 0.3 is 0 Å². The number of aromatic nitrogens is 1. The molecule has 0 bridgehead atoms. The van der Waals surface area contributed by atoms with Gasteiger partial charge in [-0.2, -0.15) is 0 Å². The number of hydrogen-bond donors (Lipinski definition) is 1. The zero-order chi connectivity index (χ0) is 19.0. The molecular weight excluding hydrogens is 388 g/mol. The van der Waals surface area contributed by atoms with Crippen LogP contribution in [0.3, 0.4) is 0 Å². The number of anilines is 1. The number of nitrogens with zero attached hydrogens (tertiary/aromatic N) is 1. The molecule has 142 valence electrons. The van der Waals surface area contributed by atoms with Gasteiger partial charge in [0, 0.05) is 12.0 Å². The molecule has 1 aliphatic carbocycles. The first-order valence-corrected chi connectivity index (χ1v) is 10.6. The minimum Gasteiger partial charge on any atom is -0.493 e. The summed E-state index contributed by atoms with van der Waals surface area (Å²) in [5.41, 5.74) is 0.387. The average Bonchev–Trinajstić information content (AvgIpc) is 3.18. The molecule has 3 aromatic rings. The third-order valence-electron chi connectivity index (χ3n) is 4.17. The van der Waals surface area contributed by atoms with E-state index in [1.54, 1.807) is 36.5 Å². The molecular formula is C18H18N2O5S2. The minimum absolute atomic E-state index is 0.191. The molecule has 0 saturated heterocycles. The van der Waals surface area contributed by atoms with E-state index in [1.165, 1.54) is 14.2 Å². The van der Waals surface area contributed by atoms with E-state index in [9.17, 15) is 8.42 Å². The van der Waals surface area contributed by atoms with E-state index < -0.39 is 10.0 Å². The van der Waals surface area contributed by atoms with Gasteiger partial charge in [0.2, 0.25) is 0 Å². The zero-order valence-electron chi connectivity index (χ0n) is 14.8. The molecule has 1 aromatic carbocycles. The van der Waals surface area contributed by atoms with E-state index in [0.29, 0.717) is 28.9 Å². The Hall–Kier alpha value is -2.52. The van der Waals surface area contributed by atoms with Crippen molar-refractivity contribution in [2.75, 3.05) is 18.9 Å². The van der Waals surface area contributed by atoms with E-state index in [4.69, 9.17) is 13.9 Å². The maximum atomic E-state index is 12.7. The summed E-state index contributed by atoms with van der Waals surface area (Å²) in [4.78, 5) is 5.00. The standard InChI is InChI=1S/C18H18N2O5S2/c1-23-13-6-5-12(9-14(13)24-2)20-27(21,22)17-8-7-16(26-17)15-10-19-18(25-15)11-3-4-11/h5-11,20H,3-4H2,1-2H3. The van der Waals surface area contributed by atoms with Crippen LogP contribution in [0.1, 0.15) is 24.7 Å². The average molecular weight is 406 g/mol. The Balaban J connectivity index is 1.56. The second kappa shape index (κ2) is 6.90. The summed E-state index contributed by atoms with van der Waals surface area (Å²) in [6.07, 6.45) is 3.84. The fraction of sp³-hybridized carbons (Fsp3) is 0.278. The number of sulfonamides is 1. The molecule has 2 aromatic heterocycles. The summed E-state index contributed by atoms with van der Waals surface area (Å²) in [5, 5.41) is 0. The summed E-state index contributed by atoms with van der Waals surface area (Å²) in [5.74, 6) is 2.70. The third kappa shape index (κ3) is 3.65. The Kier molecular flexibility index (Phi) is 4.56. The van der Waals surface area contributed by atoms with Gasteiger partial charge in [0.1, 0.15) is 4.21 Å². The summed E-state index contributed by atoms with van der Waals surface area (Å²) < 4.78 is 44.3. The number of benzene rings is 1. The van der Waals surface area contributed by atoms with Crippen molar-refractivity contribution in [1.82, 2.24) is 4.98 Å². The molecule has 1 N–H and O–H groups in total. The van der Waals surface area contributed by atoms with Gasteiger partial charge < -0.3 is 13.9 Å². The molecule has 0 spiro atoms. The summed E-state index contributed by atoms with van der Waals surface area (Å²) in [7, 11) is -0.716. The van der Waals surface area contributed by atoms with Crippen LogP contribution < -0.4 is 14.2 Å². The third-order valence-corrected chi connectivity index (χ3v) is 7.15. The molecule has 7 nitrogen and oxygen atoms in total. The molecule has 0 amide bonds. The van der Waals surface area contributed by atoms with Crippen LogP contribution >= 0.6 is 11.3 Å². The minimum atomic E-state index is -3.73. The molecule has 4 rings (SSSR count). The molecule has 1 fully saturated rings. The monoisotopic (exact) mass is 406 g/mol. The first-order valence-electron chi connectivity index (χ1n) is 8.31. The van der Waals surface area contributed by atoms with Crippen molar-refractivity contribution in [1.29, 1.82) is 0 Å². The van der Waals surface area contributed by atoms with Crippen LogP contribution in [0.5, 0.6) is 11.5 Å². The maximum absolute atomic E-state index is 12.7. The van der Waals surface area contributed by atoms with Gasteiger partial charge in [0.05, 0.1) is 31.0 Å². The highest BCUT2D eigenvalue weighted by Crippen LogP contribution is 2.41. The highest BCUT2D eigenvalue weighted by molar-refractivity contribution is 7.94. The SMILES string of the molecule is COc1ccc(NS(=O)(=O)c2ccc(-c3cnc(C4CC4)o3)s2)cc1OC. The van der Waals surface area contributed by atoms with E-state index in [-0.39, 0.29) is 4.21 Å². The lowest BCUT2D eigenvalue weighted by Crippen LogP contribution is -2.11. The zero-order valence-corrected chi connectivity index (χ0v) is 16.4. The molecule has 1 saturated carbocycles. The van der Waals surface area contributed by atoms with Crippen molar-refractivity contribution in [3.8, 4) is 22.1 Å². The topological polar surface area (TPSA) is 90.7 Å². The largest absolute Gasteiger partial charge is 0.493 e. The van der Waals surface area contributed by atoms with Crippen molar-refractivity contribution in [2.45, 2.75) is 23.0 Å². The number of thiophene rings is 1. The predicted molar refractivity (Wildman–Crippen MR) is 102 cm³/mol. The summed E-state index contributed by atoms with van der Waals surface area (Å²) in [6, 6.07) is 8.12. The first-order chi connectivity index (χ1) is 13.0. The van der Waals surface area contributed by atoms with Gasteiger partial charge in [-0.1, -0.05) is 0 Å². The van der Waals surface area contributed by atoms with E-state index in [2.05, 4.69) is 9.71 Å². The normalized spacial score (nSPS) is 14.1. The van der Waals surface area contributed by atoms with Crippen LogP contribution in [0.25, 0.3) is 10.6 Å². The van der Waals surface area contributed by atoms with Crippen molar-refractivity contribution < 1.29 is 22.3 Å². The lowest BCUT2D eigenvalue weighted by Gasteiger charge is -2.11. The van der Waals surface area contributed by atoms with Crippen molar-refractivity contribution in [3.63, 3.8) is 0 Å². The van der Waals surface area contributed by atoms with E-state index >= 15 is 0 Å². The Bertz CT molecular complexity index is 1070. The van der Waals surface area contributed by atoms with Crippen LogP contribution in [0.15, 0.2) is 45.2 Å². The number of oxazole rings is 1. The lowest BCUT2D eigenvalue weighted by atomic mass is 10.3. The van der Waals surface area contributed by atoms with Crippen molar-refractivity contribution >= 4 is 27.0 Å². The quantitative estimate of drug-likeness (QED) is 0.635. The first kappa shape index (κ1) is 17.9. The van der Waals surface area contributed by atoms with Crippen LogP contribution in [-0.4, -0.2) is 27.6 Å². The van der Waals surface area contributed by atoms with Gasteiger partial charge in [-0.3, -0.25) is 4.72 Å². The molecule has 27 heavy (non-hydrogen) atoms. The fourth-order valence-electron chi connectivity index (χ4n) is 2.62. The van der Waals surface area contributed by atoms with Crippen LogP contribution in [0.4, 0.5) is 5.69 Å². The molecule has 2 heterocycles. The molecule has 0 radical (unpaired) electrons. The van der Waals surface area contributed by atoms with Crippen LogP contribution in [0, 0.1) is 0 Å². The highest BCUT2D eigenvalue weighted by Gasteiger charge is 2.29. The van der Waals surface area contributed by atoms with Crippen molar-refractivity contribution in [3.05, 3.63) is 42.4 Å². The van der Waals surface area contributed by atoms with Gasteiger partial charge in [0.25, 0.3) is 10.0 Å². The number of nitrogens with one attached hydrogen (secondary N) is 1. The van der Waals surface area contributed by atoms with Gasteiger partial charge in [-0.05, 0) is 37.1 Å². The Morgan fingerprint density at radius 1 is 1.15 bits per heavy atom. The smallest absolute Gasteiger partial charge is 0.271 e. The molecule has 0 aliphatic heterocycles. The van der Waals surface area contributed by atoms with Crippen LogP contribution in [0.2, 0.25) is 0 Å². The highest BCUT2D eigenvalue weighted by atomic mass is 32.2. The number of rotatable bonds is 7. The predicted octanol–water partition coefficient (Wildman–Crippen LogP) is 4.10. The van der Waals surface area contributed by atoms with Gasteiger partial charge in [-0.25, -0.2) is 13.4 Å². The molecule has 0 atom stereocenters. The number of hydrogen-bond acceptors (Lipinski definition) is 7. The molecule has 1 aliphatic rings. The summed E-state index contributed by atoms with van der Waals surface area (Å²) >= 11 is 1.14. The van der Waals surface area contributed by atoms with E-state index in [0.717, 1.165) is 34.9 Å². The maximum Gasteiger partial charge on any atom is 0.271 e. The number of ether oxygens (including phenoxy) is 2. The Morgan fingerprint density at radius 3 is 2.63 bits per heavy atom. The Labute approximate surface area is 161 Å². The molecule has 0 unspecified atom stereocenters. The second-order valence-electron chi connectivity index (χ2n) is 6.13. The number of methoxy groups -OCH3 is 2. The molecule has 9 heteroatoms. The summed E-state index contributed by atoms with van der Waals surface area (Å²) in [6.45, 7) is 0. The van der Waals surface area contributed by atoms with Gasteiger partial charge in [0.15, 0.2) is 23.1 Å². The van der Waals surface area contributed by atoms with Crippen LogP contribution in [-0.2, 0) is 10.0 Å². The Morgan fingerprint density at radius 2 is 1.93 bits per heavy atom. The van der Waals surface area contributed by atoms with Crippen molar-refractivity contribution in [2.24, 2.45) is 0 Å². The van der Waals surface area contributed by atoms with Gasteiger partial charge in [-0.15, -0.1) is 11.3 Å². The lowest BCUT2D eigenvalue weighted by molar-refractivity contribution is 0.355. The van der Waals surface area contributed by atoms with E-state index in [1.807, 2.05) is 0 Å².